The van der Waals surface area contributed by atoms with Crippen molar-refractivity contribution in [2.75, 3.05) is 6.61 Å². The van der Waals surface area contributed by atoms with Crippen molar-refractivity contribution >= 4 is 11.6 Å². The first-order valence-electron chi connectivity index (χ1n) is 7.74. The molecule has 0 radical (unpaired) electrons. The molecule has 8 heteroatoms. The van der Waals surface area contributed by atoms with E-state index < -0.39 is 23.0 Å². The molecule has 7 nitrogen and oxygen atoms in total. The number of ether oxygens (including phenoxy) is 1. The third-order valence-electron chi connectivity index (χ3n) is 3.80. The molecule has 0 unspecified atom stereocenters. The summed E-state index contributed by atoms with van der Waals surface area (Å²) in [5, 5.41) is 14.4. The number of benzene rings is 1. The van der Waals surface area contributed by atoms with Crippen molar-refractivity contribution in [1.29, 1.82) is 0 Å². The summed E-state index contributed by atoms with van der Waals surface area (Å²) in [5.74, 6) is -1.71. The van der Waals surface area contributed by atoms with E-state index in [1.54, 1.807) is 25.1 Å². The van der Waals surface area contributed by atoms with Crippen LogP contribution in [0.3, 0.4) is 0 Å². The minimum atomic E-state index is -0.905. The number of aromatic nitrogens is 3. The zero-order valence-corrected chi connectivity index (χ0v) is 13.5. The molecule has 25 heavy (non-hydrogen) atoms. The Hall–Kier alpha value is -3.16. The van der Waals surface area contributed by atoms with Gasteiger partial charge in [0.25, 0.3) is 5.56 Å². The number of aryl methyl sites for hydroxylation is 2. The normalized spacial score (nSPS) is 11.0. The molecule has 1 N–H and O–H groups in total. The monoisotopic (exact) mass is 345 g/mol. The van der Waals surface area contributed by atoms with Gasteiger partial charge < -0.3 is 9.84 Å². The second-order valence-electron chi connectivity index (χ2n) is 5.35. The molecule has 1 aromatic carbocycles. The lowest BCUT2D eigenvalue weighted by atomic mass is 10.1. The highest BCUT2D eigenvalue weighted by Crippen LogP contribution is 2.19. The summed E-state index contributed by atoms with van der Waals surface area (Å²) in [6.07, 6.45) is 1.86. The second-order valence-corrected chi connectivity index (χ2v) is 5.35. The van der Waals surface area contributed by atoms with E-state index in [0.29, 0.717) is 12.1 Å². The fourth-order valence-electron chi connectivity index (χ4n) is 2.60. The van der Waals surface area contributed by atoms with E-state index in [1.165, 1.54) is 22.9 Å². The lowest BCUT2D eigenvalue weighted by Crippen LogP contribution is -2.27. The molecule has 0 atom stereocenters. The minimum Gasteiger partial charge on any atom is -0.494 e. The van der Waals surface area contributed by atoms with Gasteiger partial charge in [0.15, 0.2) is 5.56 Å². The van der Waals surface area contributed by atoms with E-state index in [0.717, 1.165) is 10.1 Å². The number of fused-ring (bicyclic) bond motifs is 1. The molecule has 2 aromatic heterocycles. The highest BCUT2D eigenvalue weighted by Gasteiger charge is 2.24. The maximum Gasteiger partial charge on any atom is 0.349 e. The van der Waals surface area contributed by atoms with Crippen molar-refractivity contribution in [1.82, 2.24) is 14.2 Å². The predicted octanol–water partition coefficient (Wildman–Crippen LogP) is 1.76. The van der Waals surface area contributed by atoms with Gasteiger partial charge in [-0.05, 0) is 31.0 Å². The highest BCUT2D eigenvalue weighted by atomic mass is 19.1. The van der Waals surface area contributed by atoms with E-state index in [1.807, 2.05) is 0 Å². The van der Waals surface area contributed by atoms with E-state index in [-0.39, 0.29) is 19.0 Å². The third-order valence-corrected chi connectivity index (χ3v) is 3.80. The van der Waals surface area contributed by atoms with Crippen LogP contribution in [0.2, 0.25) is 0 Å². The SMILES string of the molecule is CCOC(=O)c1c(O)n(CCc2ccc(F)cc2)c2ccnn2c1=O. The quantitative estimate of drug-likeness (QED) is 0.712. The molecule has 0 spiro atoms. The van der Waals surface area contributed by atoms with E-state index in [2.05, 4.69) is 5.10 Å². The molecule has 0 bridgehead atoms. The van der Waals surface area contributed by atoms with Crippen LogP contribution < -0.4 is 5.56 Å². The van der Waals surface area contributed by atoms with Gasteiger partial charge in [0.05, 0.1) is 12.8 Å². The van der Waals surface area contributed by atoms with Crippen LogP contribution in [0.1, 0.15) is 22.8 Å². The van der Waals surface area contributed by atoms with Crippen LogP contribution in [0, 0.1) is 5.82 Å². The van der Waals surface area contributed by atoms with Gasteiger partial charge in [-0.1, -0.05) is 12.1 Å². The Bertz CT molecular complexity index is 976. The number of carbonyl (C=O) groups is 1. The number of aromatic hydroxyl groups is 1. The number of hydrogen-bond donors (Lipinski definition) is 1. The maximum atomic E-state index is 13.0. The van der Waals surface area contributed by atoms with Crippen LogP contribution in [0.4, 0.5) is 4.39 Å². The summed E-state index contributed by atoms with van der Waals surface area (Å²) < 4.78 is 20.3. The number of hydrogen-bond acceptors (Lipinski definition) is 5. The lowest BCUT2D eigenvalue weighted by molar-refractivity contribution is 0.0518. The van der Waals surface area contributed by atoms with E-state index in [4.69, 9.17) is 4.74 Å². The van der Waals surface area contributed by atoms with Crippen LogP contribution in [0.25, 0.3) is 5.65 Å². The molecule has 0 fully saturated rings. The number of rotatable bonds is 5. The van der Waals surface area contributed by atoms with E-state index in [9.17, 15) is 19.1 Å². The molecule has 3 aromatic rings. The Balaban J connectivity index is 2.04. The summed E-state index contributed by atoms with van der Waals surface area (Å²) >= 11 is 0. The average Bonchev–Trinajstić information content (AvgIpc) is 3.06. The van der Waals surface area contributed by atoms with Crippen LogP contribution >= 0.6 is 0 Å². The Kier molecular flexibility index (Phi) is 4.51. The summed E-state index contributed by atoms with van der Waals surface area (Å²) in [5.41, 5.74) is -0.0151. The largest absolute Gasteiger partial charge is 0.494 e. The molecular weight excluding hydrogens is 329 g/mol. The maximum absolute atomic E-state index is 13.0. The molecule has 0 saturated carbocycles. The van der Waals surface area contributed by atoms with Crippen LogP contribution in [-0.2, 0) is 17.7 Å². The van der Waals surface area contributed by atoms with E-state index >= 15 is 0 Å². The molecular formula is C17H16FN3O4. The first-order valence-corrected chi connectivity index (χ1v) is 7.74. The van der Waals surface area contributed by atoms with Gasteiger partial charge in [-0.2, -0.15) is 9.61 Å². The smallest absolute Gasteiger partial charge is 0.349 e. The standard InChI is InChI=1S/C17H16FN3O4/c1-2-25-17(24)14-15(22)20(13-7-9-19-21(13)16(14)23)10-8-11-3-5-12(18)6-4-11/h3-7,9,22H,2,8,10H2,1H3. The van der Waals surface area contributed by atoms with Gasteiger partial charge in [-0.25, -0.2) is 9.18 Å². The molecule has 0 saturated heterocycles. The highest BCUT2D eigenvalue weighted by molar-refractivity contribution is 5.91. The first-order chi connectivity index (χ1) is 12.0. The van der Waals surface area contributed by atoms with Crippen molar-refractivity contribution in [3.8, 4) is 5.88 Å². The Morgan fingerprint density at radius 2 is 2.00 bits per heavy atom. The van der Waals surface area contributed by atoms with Gasteiger partial charge >= 0.3 is 5.97 Å². The molecule has 0 amide bonds. The average molecular weight is 345 g/mol. The van der Waals surface area contributed by atoms with Gasteiger partial charge in [0.1, 0.15) is 11.5 Å². The van der Waals surface area contributed by atoms with Crippen molar-refractivity contribution in [3.05, 3.63) is 63.8 Å². The molecule has 0 aliphatic rings. The van der Waals surface area contributed by atoms with Gasteiger partial charge in [0.2, 0.25) is 5.88 Å². The fourth-order valence-corrected chi connectivity index (χ4v) is 2.60. The van der Waals surface area contributed by atoms with Crippen LogP contribution in [0.5, 0.6) is 5.88 Å². The fraction of sp³-hybridized carbons (Fsp3) is 0.235. The molecule has 0 aliphatic heterocycles. The third kappa shape index (κ3) is 3.10. The van der Waals surface area contributed by atoms with Gasteiger partial charge in [-0.3, -0.25) is 9.36 Å². The topological polar surface area (TPSA) is 85.8 Å². The molecule has 130 valence electrons. The Labute approximate surface area is 141 Å². The summed E-state index contributed by atoms with van der Waals surface area (Å²) in [4.78, 5) is 24.4. The van der Waals surface area contributed by atoms with Gasteiger partial charge in [-0.15, -0.1) is 0 Å². The van der Waals surface area contributed by atoms with Crippen LogP contribution in [-0.4, -0.2) is 31.9 Å². The molecule has 2 heterocycles. The first kappa shape index (κ1) is 16.7. The Morgan fingerprint density at radius 3 is 2.68 bits per heavy atom. The zero-order valence-electron chi connectivity index (χ0n) is 13.5. The number of nitrogens with zero attached hydrogens (tertiary/aromatic N) is 3. The molecule has 3 rings (SSSR count). The predicted molar refractivity (Wildman–Crippen MR) is 87.2 cm³/mol. The van der Waals surface area contributed by atoms with Crippen LogP contribution in [0.15, 0.2) is 41.3 Å². The lowest BCUT2D eigenvalue weighted by Gasteiger charge is -2.14. The second kappa shape index (κ2) is 6.76. The number of esters is 1. The number of carbonyl (C=O) groups excluding carboxylic acids is 1. The van der Waals surface area contributed by atoms with Crippen molar-refractivity contribution in [2.45, 2.75) is 19.9 Å². The minimum absolute atomic E-state index is 0.0738. The summed E-state index contributed by atoms with van der Waals surface area (Å²) in [6.45, 7) is 1.94. The molecule has 0 aliphatic carbocycles. The Morgan fingerprint density at radius 1 is 1.28 bits per heavy atom. The van der Waals surface area contributed by atoms with Crippen molar-refractivity contribution < 1.29 is 19.0 Å². The zero-order chi connectivity index (χ0) is 18.0. The summed E-state index contributed by atoms with van der Waals surface area (Å²) in [7, 11) is 0. The summed E-state index contributed by atoms with van der Waals surface area (Å²) in [6, 6.07) is 7.52. The van der Waals surface area contributed by atoms with Gasteiger partial charge in [0, 0.05) is 12.6 Å². The van der Waals surface area contributed by atoms with Crippen molar-refractivity contribution in [3.63, 3.8) is 0 Å². The van der Waals surface area contributed by atoms with Crippen molar-refractivity contribution in [2.24, 2.45) is 0 Å². The number of halogens is 1.